The first-order valence-corrected chi connectivity index (χ1v) is 5.02. The lowest BCUT2D eigenvalue weighted by atomic mass is 10.5. The highest BCUT2D eigenvalue weighted by molar-refractivity contribution is 4.95. The number of hydrogen-bond acceptors (Lipinski definition) is 4. The Morgan fingerprint density at radius 2 is 2.27 bits per heavy atom. The first-order valence-electron chi connectivity index (χ1n) is 5.02. The molecule has 0 bridgehead atoms. The smallest absolute Gasteiger partial charge is 0.129 e. The van der Waals surface area contributed by atoms with Crippen LogP contribution >= 0.6 is 0 Å². The van der Waals surface area contributed by atoms with Gasteiger partial charge in [-0.25, -0.2) is 0 Å². The van der Waals surface area contributed by atoms with Crippen LogP contribution in [0.5, 0.6) is 0 Å². The quantitative estimate of drug-likeness (QED) is 0.802. The summed E-state index contributed by atoms with van der Waals surface area (Å²) in [6, 6.07) is 3.46. The van der Waals surface area contributed by atoms with Crippen LogP contribution in [0, 0.1) is 0 Å². The molecule has 4 heteroatoms. The molecule has 0 saturated heterocycles. The fourth-order valence-corrected chi connectivity index (χ4v) is 1.20. The van der Waals surface area contributed by atoms with Crippen molar-refractivity contribution in [2.75, 3.05) is 20.3 Å². The summed E-state index contributed by atoms with van der Waals surface area (Å²) < 4.78 is 4.73. The second kappa shape index (κ2) is 6.14. The Hall–Kier alpha value is -1.42. The highest BCUT2D eigenvalue weighted by atomic mass is 16.4. The van der Waals surface area contributed by atoms with Crippen LogP contribution in [0.3, 0.4) is 0 Å². The van der Waals surface area contributed by atoms with Crippen molar-refractivity contribution in [2.45, 2.75) is 13.5 Å². The molecule has 1 aliphatic heterocycles. The molecule has 0 atom stereocenters. The minimum atomic E-state index is -0.00694. The van der Waals surface area contributed by atoms with Gasteiger partial charge < -0.3 is 19.3 Å². The lowest BCUT2D eigenvalue weighted by Gasteiger charge is -2.14. The molecule has 4 nitrogen and oxygen atoms in total. The van der Waals surface area contributed by atoms with E-state index in [9.17, 15) is 0 Å². The van der Waals surface area contributed by atoms with Crippen LogP contribution in [-0.2, 0) is 6.61 Å². The van der Waals surface area contributed by atoms with Crippen molar-refractivity contribution in [1.29, 1.82) is 0 Å². The molecule has 0 spiro atoms. The number of aliphatic hydroxyl groups excluding tert-OH is 1. The maximum Gasteiger partial charge on any atom is 0.129 e. The van der Waals surface area contributed by atoms with Gasteiger partial charge >= 0.3 is 0 Å². The van der Waals surface area contributed by atoms with E-state index < -0.39 is 0 Å². The van der Waals surface area contributed by atoms with Gasteiger partial charge in [-0.15, -0.1) is 0 Å². The predicted octanol–water partition coefficient (Wildman–Crippen LogP) is 1.45. The minimum Gasteiger partial charge on any atom is -0.467 e. The summed E-state index contributed by atoms with van der Waals surface area (Å²) in [5, 5.41) is 8.33. The van der Waals surface area contributed by atoms with Gasteiger partial charge in [-0.3, -0.25) is 0 Å². The minimum absolute atomic E-state index is 0.00694. The lowest BCUT2D eigenvalue weighted by Crippen LogP contribution is -2.21. The molecular weight excluding hydrogens is 192 g/mol. The zero-order valence-electron chi connectivity index (χ0n) is 9.26. The van der Waals surface area contributed by atoms with Gasteiger partial charge in [-0.2, -0.15) is 0 Å². The average molecular weight is 210 g/mol. The standard InChI is InChI=1S/C6H12N2.C5H6O2/c1-3-8-5-4-7(2)6-8;6-4-5-2-1-3-7-5/h4-5H,3,6H2,1-2H3;1-3,6H,4H2. The lowest BCUT2D eigenvalue weighted by molar-refractivity contribution is 0.247. The summed E-state index contributed by atoms with van der Waals surface area (Å²) in [7, 11) is 2.08. The fourth-order valence-electron chi connectivity index (χ4n) is 1.20. The van der Waals surface area contributed by atoms with Crippen LogP contribution in [-0.4, -0.2) is 35.2 Å². The van der Waals surface area contributed by atoms with Gasteiger partial charge in [0.05, 0.1) is 12.9 Å². The van der Waals surface area contributed by atoms with Crippen molar-refractivity contribution in [1.82, 2.24) is 9.80 Å². The first-order chi connectivity index (χ1) is 7.26. The second-order valence-electron chi connectivity index (χ2n) is 3.34. The third-order valence-electron chi connectivity index (χ3n) is 2.08. The highest BCUT2D eigenvalue weighted by Crippen LogP contribution is 2.00. The van der Waals surface area contributed by atoms with E-state index in [1.807, 2.05) is 0 Å². The Bertz CT molecular complexity index is 283. The Morgan fingerprint density at radius 1 is 1.47 bits per heavy atom. The predicted molar refractivity (Wildman–Crippen MR) is 58.8 cm³/mol. The van der Waals surface area contributed by atoms with Crippen molar-refractivity contribution >= 4 is 0 Å². The Kier molecular flexibility index (Phi) is 4.77. The fraction of sp³-hybridized carbons (Fsp3) is 0.455. The van der Waals surface area contributed by atoms with Gasteiger partial charge in [0.2, 0.25) is 0 Å². The van der Waals surface area contributed by atoms with Crippen molar-refractivity contribution in [2.24, 2.45) is 0 Å². The zero-order valence-corrected chi connectivity index (χ0v) is 9.26. The number of rotatable bonds is 2. The van der Waals surface area contributed by atoms with E-state index in [1.165, 1.54) is 6.26 Å². The molecule has 84 valence electrons. The molecule has 0 radical (unpaired) electrons. The second-order valence-corrected chi connectivity index (χ2v) is 3.34. The van der Waals surface area contributed by atoms with E-state index in [0.29, 0.717) is 5.76 Å². The van der Waals surface area contributed by atoms with Crippen LogP contribution in [0.1, 0.15) is 12.7 Å². The Labute approximate surface area is 90.4 Å². The summed E-state index contributed by atoms with van der Waals surface area (Å²) in [5.41, 5.74) is 0. The van der Waals surface area contributed by atoms with Crippen molar-refractivity contribution in [3.05, 3.63) is 36.6 Å². The number of furan rings is 1. The summed E-state index contributed by atoms with van der Waals surface area (Å²) in [6.45, 7) is 4.31. The molecule has 0 amide bonds. The maximum absolute atomic E-state index is 8.33. The first kappa shape index (κ1) is 11.7. The van der Waals surface area contributed by atoms with Gasteiger partial charge in [0.1, 0.15) is 12.4 Å². The van der Waals surface area contributed by atoms with E-state index in [-0.39, 0.29) is 6.61 Å². The average Bonchev–Trinajstić information content (AvgIpc) is 2.88. The molecule has 0 aliphatic carbocycles. The molecule has 1 aromatic rings. The molecule has 0 unspecified atom stereocenters. The molecule has 0 saturated carbocycles. The van der Waals surface area contributed by atoms with Gasteiger partial charge in [-0.05, 0) is 19.1 Å². The van der Waals surface area contributed by atoms with Gasteiger partial charge in [0, 0.05) is 26.0 Å². The van der Waals surface area contributed by atoms with E-state index in [1.54, 1.807) is 12.1 Å². The Balaban J connectivity index is 0.000000151. The zero-order chi connectivity index (χ0) is 11.1. The van der Waals surface area contributed by atoms with E-state index in [4.69, 9.17) is 9.52 Å². The van der Waals surface area contributed by atoms with Gasteiger partial charge in [-0.1, -0.05) is 0 Å². The van der Waals surface area contributed by atoms with Gasteiger partial charge in [0.15, 0.2) is 0 Å². The number of hydrogen-bond donors (Lipinski definition) is 1. The SMILES string of the molecule is CCN1C=CN(C)C1.OCc1ccco1. The van der Waals surface area contributed by atoms with Crippen molar-refractivity contribution in [3.63, 3.8) is 0 Å². The highest BCUT2D eigenvalue weighted by Gasteiger charge is 2.03. The van der Waals surface area contributed by atoms with Crippen LogP contribution in [0.15, 0.2) is 35.2 Å². The van der Waals surface area contributed by atoms with E-state index >= 15 is 0 Å². The largest absolute Gasteiger partial charge is 0.467 e. The third-order valence-corrected chi connectivity index (χ3v) is 2.08. The molecule has 0 fully saturated rings. The molecule has 1 N–H and O–H groups in total. The maximum atomic E-state index is 8.33. The third kappa shape index (κ3) is 4.08. The molecular formula is C11H18N2O2. The normalized spacial score (nSPS) is 14.1. The topological polar surface area (TPSA) is 39.9 Å². The van der Waals surface area contributed by atoms with Crippen molar-refractivity contribution < 1.29 is 9.52 Å². The van der Waals surface area contributed by atoms with E-state index in [0.717, 1.165) is 13.2 Å². The molecule has 1 aliphatic rings. The number of aliphatic hydroxyl groups is 1. The Morgan fingerprint density at radius 3 is 2.53 bits per heavy atom. The molecule has 15 heavy (non-hydrogen) atoms. The number of nitrogens with zero attached hydrogens (tertiary/aromatic N) is 2. The summed E-state index contributed by atoms with van der Waals surface area (Å²) >= 11 is 0. The van der Waals surface area contributed by atoms with Gasteiger partial charge in [0.25, 0.3) is 0 Å². The molecule has 2 rings (SSSR count). The molecule has 1 aromatic heterocycles. The van der Waals surface area contributed by atoms with E-state index in [2.05, 4.69) is 36.2 Å². The molecule has 2 heterocycles. The monoisotopic (exact) mass is 210 g/mol. The molecule has 0 aromatic carbocycles. The van der Waals surface area contributed by atoms with Crippen molar-refractivity contribution in [3.8, 4) is 0 Å². The summed E-state index contributed by atoms with van der Waals surface area (Å²) in [6.07, 6.45) is 5.73. The summed E-state index contributed by atoms with van der Waals surface area (Å²) in [4.78, 5) is 4.41. The van der Waals surface area contributed by atoms with Crippen LogP contribution in [0.4, 0.5) is 0 Å². The van der Waals surface area contributed by atoms with Crippen LogP contribution in [0.25, 0.3) is 0 Å². The van der Waals surface area contributed by atoms with Crippen LogP contribution in [0.2, 0.25) is 0 Å². The summed E-state index contributed by atoms with van der Waals surface area (Å²) in [5.74, 6) is 0.611. The van der Waals surface area contributed by atoms with Crippen LogP contribution < -0.4 is 0 Å².